The van der Waals surface area contributed by atoms with Crippen LogP contribution in [0.5, 0.6) is 5.75 Å². The molecule has 2 aliphatic rings. The van der Waals surface area contributed by atoms with Crippen LogP contribution in [0.1, 0.15) is 25.3 Å². The number of nitrogens with zero attached hydrogens (tertiary/aromatic N) is 3. The smallest absolute Gasteiger partial charge is 0.236 e. The van der Waals surface area contributed by atoms with Gasteiger partial charge in [0.15, 0.2) is 0 Å². The van der Waals surface area contributed by atoms with Gasteiger partial charge in [-0.05, 0) is 37.5 Å². The summed E-state index contributed by atoms with van der Waals surface area (Å²) in [6.45, 7) is 8.21. The second-order valence-electron chi connectivity index (χ2n) is 7.78. The summed E-state index contributed by atoms with van der Waals surface area (Å²) in [6.07, 6.45) is 2.62. The maximum absolute atomic E-state index is 12.6. The van der Waals surface area contributed by atoms with E-state index in [-0.39, 0.29) is 5.91 Å². The van der Waals surface area contributed by atoms with Gasteiger partial charge in [0.1, 0.15) is 5.75 Å². The topological polar surface area (TPSA) is 45.2 Å². The van der Waals surface area contributed by atoms with Crippen LogP contribution >= 0.6 is 0 Å². The first-order valence-electron chi connectivity index (χ1n) is 10.00. The molecule has 0 radical (unpaired) electrons. The highest BCUT2D eigenvalue weighted by Crippen LogP contribution is 2.19. The molecule has 6 nitrogen and oxygen atoms in total. The third-order valence-corrected chi connectivity index (χ3v) is 5.71. The first kappa shape index (κ1) is 20.1. The number of carbonyl (C=O) groups excluding carboxylic acids is 1. The van der Waals surface area contributed by atoms with Crippen LogP contribution in [0.4, 0.5) is 0 Å². The molecule has 0 N–H and O–H groups in total. The number of methoxy groups -OCH3 is 1. The molecule has 3 rings (SSSR count). The summed E-state index contributed by atoms with van der Waals surface area (Å²) in [5.41, 5.74) is 1.12. The lowest BCUT2D eigenvalue weighted by atomic mass is 10.0. The predicted molar refractivity (Wildman–Crippen MR) is 106 cm³/mol. The molecule has 1 aromatic carbocycles. The van der Waals surface area contributed by atoms with Crippen LogP contribution in [0.15, 0.2) is 24.3 Å². The lowest BCUT2D eigenvalue weighted by molar-refractivity contribution is -0.132. The van der Waals surface area contributed by atoms with E-state index in [0.717, 1.165) is 56.9 Å². The van der Waals surface area contributed by atoms with Gasteiger partial charge in [-0.25, -0.2) is 0 Å². The Labute approximate surface area is 163 Å². The van der Waals surface area contributed by atoms with Crippen LogP contribution in [0.2, 0.25) is 0 Å². The van der Waals surface area contributed by atoms with E-state index in [4.69, 9.17) is 9.47 Å². The quantitative estimate of drug-likeness (QED) is 0.759. The third-order valence-electron chi connectivity index (χ3n) is 5.71. The van der Waals surface area contributed by atoms with Gasteiger partial charge in [-0.15, -0.1) is 0 Å². The molecular formula is C21H33N3O3. The minimum atomic E-state index is 0.185. The lowest BCUT2D eigenvalue weighted by Crippen LogP contribution is -2.52. The summed E-state index contributed by atoms with van der Waals surface area (Å²) in [7, 11) is 3.54. The van der Waals surface area contributed by atoms with Crippen molar-refractivity contribution in [1.82, 2.24) is 14.7 Å². The Kier molecular flexibility index (Phi) is 7.10. The Bertz CT molecular complexity index is 599. The normalized spacial score (nSPS) is 22.6. The summed E-state index contributed by atoms with van der Waals surface area (Å²) in [5, 5.41) is 0. The Morgan fingerprint density at radius 3 is 2.56 bits per heavy atom. The van der Waals surface area contributed by atoms with Gasteiger partial charge in [-0.3, -0.25) is 14.6 Å². The maximum atomic E-state index is 12.6. The van der Waals surface area contributed by atoms with Gasteiger partial charge in [0.05, 0.1) is 26.4 Å². The number of hydrogen-bond donors (Lipinski definition) is 0. The molecule has 2 saturated heterocycles. The zero-order chi connectivity index (χ0) is 19.2. The maximum Gasteiger partial charge on any atom is 0.236 e. The second-order valence-corrected chi connectivity index (χ2v) is 7.78. The van der Waals surface area contributed by atoms with Crippen molar-refractivity contribution in [3.05, 3.63) is 29.8 Å². The summed E-state index contributed by atoms with van der Waals surface area (Å²) in [4.78, 5) is 19.3. The van der Waals surface area contributed by atoms with Gasteiger partial charge in [-0.2, -0.15) is 0 Å². The molecule has 0 saturated carbocycles. The summed E-state index contributed by atoms with van der Waals surface area (Å²) >= 11 is 0. The molecule has 1 amide bonds. The van der Waals surface area contributed by atoms with E-state index >= 15 is 0 Å². The van der Waals surface area contributed by atoms with E-state index in [1.165, 1.54) is 0 Å². The fraction of sp³-hybridized carbons (Fsp3) is 0.667. The van der Waals surface area contributed by atoms with E-state index in [1.807, 2.05) is 36.2 Å². The highest BCUT2D eigenvalue weighted by atomic mass is 16.5. The monoisotopic (exact) mass is 375 g/mol. The number of piperidine rings is 1. The fourth-order valence-electron chi connectivity index (χ4n) is 4.02. The summed E-state index contributed by atoms with van der Waals surface area (Å²) in [5.74, 6) is 1.02. The van der Waals surface area contributed by atoms with Gasteiger partial charge in [0.2, 0.25) is 5.91 Å². The predicted octanol–water partition coefficient (Wildman–Crippen LogP) is 1.84. The number of rotatable bonds is 6. The number of likely N-dealkylation sites (tertiary alicyclic amines) is 1. The standard InChI is InChI=1S/C21H33N3O3/c1-17-14-24(12-13-27-17)19-8-10-23(11-9-19)16-21(25)22(2)15-18-4-6-20(26-3)7-5-18/h4-7,17,19H,8-16H2,1-3H3. The average Bonchev–Trinajstić information content (AvgIpc) is 2.69. The van der Waals surface area contributed by atoms with Gasteiger partial charge in [-0.1, -0.05) is 12.1 Å². The molecular weight excluding hydrogens is 342 g/mol. The van der Waals surface area contributed by atoms with Crippen molar-refractivity contribution in [3.8, 4) is 5.75 Å². The second kappa shape index (κ2) is 9.53. The molecule has 2 heterocycles. The first-order chi connectivity index (χ1) is 13.0. The lowest BCUT2D eigenvalue weighted by Gasteiger charge is -2.41. The molecule has 2 fully saturated rings. The summed E-state index contributed by atoms with van der Waals surface area (Å²) < 4.78 is 10.8. The van der Waals surface area contributed by atoms with Crippen molar-refractivity contribution in [2.75, 3.05) is 53.5 Å². The van der Waals surface area contributed by atoms with Gasteiger partial charge in [0, 0.05) is 45.8 Å². The highest BCUT2D eigenvalue weighted by Gasteiger charge is 2.28. The van der Waals surface area contributed by atoms with E-state index in [2.05, 4.69) is 16.7 Å². The zero-order valence-electron chi connectivity index (χ0n) is 16.9. The van der Waals surface area contributed by atoms with Crippen molar-refractivity contribution >= 4 is 5.91 Å². The molecule has 27 heavy (non-hydrogen) atoms. The molecule has 1 aromatic rings. The van der Waals surface area contributed by atoms with Crippen molar-refractivity contribution in [1.29, 1.82) is 0 Å². The molecule has 1 unspecified atom stereocenters. The highest BCUT2D eigenvalue weighted by molar-refractivity contribution is 5.78. The Morgan fingerprint density at radius 2 is 1.93 bits per heavy atom. The SMILES string of the molecule is COc1ccc(CN(C)C(=O)CN2CCC(N3CCOC(C)C3)CC2)cc1. The number of benzene rings is 1. The van der Waals surface area contributed by atoms with E-state index < -0.39 is 0 Å². The molecule has 0 bridgehead atoms. The van der Waals surface area contributed by atoms with Crippen molar-refractivity contribution in [3.63, 3.8) is 0 Å². The number of hydrogen-bond acceptors (Lipinski definition) is 5. The molecule has 6 heteroatoms. The minimum Gasteiger partial charge on any atom is -0.497 e. The van der Waals surface area contributed by atoms with Crippen LogP contribution in [0, 0.1) is 0 Å². The number of ether oxygens (including phenoxy) is 2. The van der Waals surface area contributed by atoms with Crippen molar-refractivity contribution < 1.29 is 14.3 Å². The van der Waals surface area contributed by atoms with E-state index in [1.54, 1.807) is 7.11 Å². The van der Waals surface area contributed by atoms with Gasteiger partial charge in [0.25, 0.3) is 0 Å². The number of likely N-dealkylation sites (N-methyl/N-ethyl adjacent to an activating group) is 1. The number of carbonyl (C=O) groups is 1. The van der Waals surface area contributed by atoms with Crippen LogP contribution in [-0.2, 0) is 16.1 Å². The van der Waals surface area contributed by atoms with Crippen molar-refractivity contribution in [2.24, 2.45) is 0 Å². The van der Waals surface area contributed by atoms with Crippen molar-refractivity contribution in [2.45, 2.75) is 38.5 Å². The first-order valence-corrected chi connectivity index (χ1v) is 10.00. The largest absolute Gasteiger partial charge is 0.497 e. The molecule has 0 aliphatic carbocycles. The Hall–Kier alpha value is -1.63. The average molecular weight is 376 g/mol. The van der Waals surface area contributed by atoms with Gasteiger partial charge >= 0.3 is 0 Å². The van der Waals surface area contributed by atoms with Crippen LogP contribution in [0.25, 0.3) is 0 Å². The third kappa shape index (κ3) is 5.67. The fourth-order valence-corrected chi connectivity index (χ4v) is 4.02. The Morgan fingerprint density at radius 1 is 1.22 bits per heavy atom. The molecule has 0 aromatic heterocycles. The molecule has 1 atom stereocenters. The number of amides is 1. The van der Waals surface area contributed by atoms with Crippen LogP contribution in [0.3, 0.4) is 0 Å². The molecule has 0 spiro atoms. The van der Waals surface area contributed by atoms with E-state index in [0.29, 0.717) is 25.2 Å². The summed E-state index contributed by atoms with van der Waals surface area (Å²) in [6, 6.07) is 8.53. The molecule has 150 valence electrons. The van der Waals surface area contributed by atoms with Gasteiger partial charge < -0.3 is 14.4 Å². The number of morpholine rings is 1. The molecule has 2 aliphatic heterocycles. The Balaban J connectivity index is 1.41. The minimum absolute atomic E-state index is 0.185. The zero-order valence-corrected chi connectivity index (χ0v) is 16.9. The van der Waals surface area contributed by atoms with E-state index in [9.17, 15) is 4.79 Å². The van der Waals surface area contributed by atoms with Crippen LogP contribution in [-0.4, -0.2) is 86.2 Å². The van der Waals surface area contributed by atoms with Crippen LogP contribution < -0.4 is 4.74 Å².